The highest BCUT2D eigenvalue weighted by atomic mass is 19.4. The number of halogens is 3. The number of hydrogen-bond donors (Lipinski definition) is 2. The lowest BCUT2D eigenvalue weighted by Gasteiger charge is -2.13. The van der Waals surface area contributed by atoms with Crippen LogP contribution in [0.5, 0.6) is 0 Å². The highest BCUT2D eigenvalue weighted by Crippen LogP contribution is 2.35. The standard InChI is InChI=1S/C6H8F3N3/c1-3(6(7,8)9)5-4(10)2-11-12-5/h2-3H,10H2,1H3,(H,11,12). The second-order valence-electron chi connectivity index (χ2n) is 2.50. The van der Waals surface area contributed by atoms with Crippen LogP contribution in [0.15, 0.2) is 6.20 Å². The Bertz CT molecular complexity index is 265. The number of anilines is 1. The lowest BCUT2D eigenvalue weighted by atomic mass is 10.1. The number of H-pyrrole nitrogens is 1. The quantitative estimate of drug-likeness (QED) is 0.688. The van der Waals surface area contributed by atoms with Gasteiger partial charge in [0.2, 0.25) is 0 Å². The van der Waals surface area contributed by atoms with Crippen LogP contribution in [0.4, 0.5) is 18.9 Å². The first-order chi connectivity index (χ1) is 5.43. The maximum absolute atomic E-state index is 12.1. The highest BCUT2D eigenvalue weighted by Gasteiger charge is 2.38. The molecule has 6 heteroatoms. The Morgan fingerprint density at radius 1 is 1.58 bits per heavy atom. The first kappa shape index (κ1) is 8.89. The summed E-state index contributed by atoms with van der Waals surface area (Å²) in [6.45, 7) is 1.03. The molecule has 0 aromatic carbocycles. The molecule has 1 heterocycles. The predicted octanol–water partition coefficient (Wildman–Crippen LogP) is 1.66. The zero-order valence-corrected chi connectivity index (χ0v) is 6.31. The van der Waals surface area contributed by atoms with Gasteiger partial charge in [0.25, 0.3) is 0 Å². The zero-order valence-electron chi connectivity index (χ0n) is 6.31. The molecule has 0 aliphatic heterocycles. The highest BCUT2D eigenvalue weighted by molar-refractivity contribution is 5.42. The van der Waals surface area contributed by atoms with Crippen LogP contribution >= 0.6 is 0 Å². The molecule has 0 aliphatic carbocycles. The molecule has 0 saturated carbocycles. The summed E-state index contributed by atoms with van der Waals surface area (Å²) in [5.74, 6) is -1.60. The minimum absolute atomic E-state index is 0.0415. The number of aromatic nitrogens is 2. The van der Waals surface area contributed by atoms with E-state index in [-0.39, 0.29) is 11.4 Å². The van der Waals surface area contributed by atoms with E-state index in [0.717, 1.165) is 13.1 Å². The van der Waals surface area contributed by atoms with Gasteiger partial charge in [0.15, 0.2) is 0 Å². The molecule has 0 saturated heterocycles. The zero-order chi connectivity index (χ0) is 9.35. The number of nitrogens with zero attached hydrogens (tertiary/aromatic N) is 1. The number of hydrogen-bond acceptors (Lipinski definition) is 2. The Balaban J connectivity index is 2.92. The van der Waals surface area contributed by atoms with Crippen molar-refractivity contribution in [3.8, 4) is 0 Å². The fraction of sp³-hybridized carbons (Fsp3) is 0.500. The van der Waals surface area contributed by atoms with E-state index in [4.69, 9.17) is 5.73 Å². The maximum Gasteiger partial charge on any atom is 0.397 e. The van der Waals surface area contributed by atoms with Gasteiger partial charge in [-0.1, -0.05) is 0 Å². The Labute approximate surface area is 66.8 Å². The first-order valence-electron chi connectivity index (χ1n) is 3.28. The van der Waals surface area contributed by atoms with Gasteiger partial charge in [-0.3, -0.25) is 5.10 Å². The second-order valence-corrected chi connectivity index (χ2v) is 2.50. The van der Waals surface area contributed by atoms with Crippen LogP contribution in [0.3, 0.4) is 0 Å². The van der Waals surface area contributed by atoms with Crippen LogP contribution < -0.4 is 5.73 Å². The summed E-state index contributed by atoms with van der Waals surface area (Å²) in [4.78, 5) is 0. The van der Waals surface area contributed by atoms with Crippen LogP contribution in [0.1, 0.15) is 18.5 Å². The molecule has 3 nitrogen and oxygen atoms in total. The third-order valence-corrected chi connectivity index (χ3v) is 1.62. The Morgan fingerprint density at radius 2 is 2.17 bits per heavy atom. The van der Waals surface area contributed by atoms with Gasteiger partial charge in [-0.05, 0) is 6.92 Å². The van der Waals surface area contributed by atoms with Crippen molar-refractivity contribution in [1.82, 2.24) is 10.2 Å². The molecular formula is C6H8F3N3. The number of aromatic amines is 1. The van der Waals surface area contributed by atoms with E-state index in [1.807, 2.05) is 0 Å². The normalized spacial score (nSPS) is 14.7. The van der Waals surface area contributed by atoms with Crippen LogP contribution in [0, 0.1) is 0 Å². The van der Waals surface area contributed by atoms with Gasteiger partial charge in [-0.25, -0.2) is 0 Å². The maximum atomic E-state index is 12.1. The van der Waals surface area contributed by atoms with E-state index in [9.17, 15) is 13.2 Å². The Kier molecular flexibility index (Phi) is 1.99. The first-order valence-corrected chi connectivity index (χ1v) is 3.28. The van der Waals surface area contributed by atoms with Crippen LogP contribution in [-0.4, -0.2) is 16.4 Å². The summed E-state index contributed by atoms with van der Waals surface area (Å²) in [6, 6.07) is 0. The van der Waals surface area contributed by atoms with Crippen LogP contribution in [-0.2, 0) is 0 Å². The molecule has 0 radical (unpaired) electrons. The summed E-state index contributed by atoms with van der Waals surface area (Å²) in [5, 5.41) is 5.62. The molecule has 0 aliphatic rings. The van der Waals surface area contributed by atoms with E-state index < -0.39 is 12.1 Å². The SMILES string of the molecule is CC(c1[nH]ncc1N)C(F)(F)F. The van der Waals surface area contributed by atoms with Gasteiger partial charge in [0, 0.05) is 0 Å². The monoisotopic (exact) mass is 179 g/mol. The summed E-state index contributed by atoms with van der Waals surface area (Å²) in [7, 11) is 0. The van der Waals surface area contributed by atoms with Crippen molar-refractivity contribution in [2.24, 2.45) is 0 Å². The minimum Gasteiger partial charge on any atom is -0.396 e. The van der Waals surface area contributed by atoms with Crippen molar-refractivity contribution >= 4 is 5.69 Å². The molecular weight excluding hydrogens is 171 g/mol. The number of rotatable bonds is 1. The van der Waals surface area contributed by atoms with E-state index in [1.165, 1.54) is 0 Å². The summed E-state index contributed by atoms with van der Waals surface area (Å²) >= 11 is 0. The Hall–Kier alpha value is -1.20. The van der Waals surface area contributed by atoms with Crippen molar-refractivity contribution in [1.29, 1.82) is 0 Å². The summed E-state index contributed by atoms with van der Waals surface area (Å²) < 4.78 is 36.3. The number of nitrogens with one attached hydrogen (secondary N) is 1. The van der Waals surface area contributed by atoms with Gasteiger partial charge in [-0.2, -0.15) is 18.3 Å². The second kappa shape index (κ2) is 2.69. The molecule has 0 bridgehead atoms. The van der Waals surface area contributed by atoms with E-state index in [1.54, 1.807) is 0 Å². The van der Waals surface area contributed by atoms with Gasteiger partial charge in [-0.15, -0.1) is 0 Å². The molecule has 12 heavy (non-hydrogen) atoms. The number of nitrogen functional groups attached to an aromatic ring is 1. The molecule has 1 unspecified atom stereocenters. The van der Waals surface area contributed by atoms with Gasteiger partial charge >= 0.3 is 6.18 Å². The van der Waals surface area contributed by atoms with Gasteiger partial charge in [0.1, 0.15) is 0 Å². The topological polar surface area (TPSA) is 54.7 Å². The third-order valence-electron chi connectivity index (χ3n) is 1.62. The molecule has 68 valence electrons. The van der Waals surface area contributed by atoms with E-state index in [2.05, 4.69) is 10.2 Å². The summed E-state index contributed by atoms with van der Waals surface area (Å²) in [5.41, 5.74) is 5.20. The Morgan fingerprint density at radius 3 is 2.50 bits per heavy atom. The predicted molar refractivity (Wildman–Crippen MR) is 37.5 cm³/mol. The van der Waals surface area contributed by atoms with Crippen molar-refractivity contribution in [3.63, 3.8) is 0 Å². The molecule has 1 aromatic heterocycles. The van der Waals surface area contributed by atoms with Crippen molar-refractivity contribution in [2.45, 2.75) is 19.0 Å². The lowest BCUT2D eigenvalue weighted by Crippen LogP contribution is -2.19. The van der Waals surface area contributed by atoms with Gasteiger partial charge < -0.3 is 5.73 Å². The number of nitrogens with two attached hydrogens (primary N) is 1. The van der Waals surface area contributed by atoms with Crippen molar-refractivity contribution < 1.29 is 13.2 Å². The number of alkyl halides is 3. The fourth-order valence-corrected chi connectivity index (χ4v) is 0.816. The van der Waals surface area contributed by atoms with E-state index in [0.29, 0.717) is 0 Å². The summed E-state index contributed by atoms with van der Waals surface area (Å²) in [6.07, 6.45) is -3.11. The molecule has 1 atom stereocenters. The molecule has 1 rings (SSSR count). The molecule has 3 N–H and O–H groups in total. The average Bonchev–Trinajstić information content (AvgIpc) is 2.31. The smallest absolute Gasteiger partial charge is 0.396 e. The molecule has 0 amide bonds. The largest absolute Gasteiger partial charge is 0.397 e. The van der Waals surface area contributed by atoms with Crippen LogP contribution in [0.25, 0.3) is 0 Å². The molecule has 0 spiro atoms. The lowest BCUT2D eigenvalue weighted by molar-refractivity contribution is -0.146. The van der Waals surface area contributed by atoms with Crippen molar-refractivity contribution in [3.05, 3.63) is 11.9 Å². The molecule has 0 fully saturated rings. The third kappa shape index (κ3) is 1.51. The van der Waals surface area contributed by atoms with E-state index >= 15 is 0 Å². The average molecular weight is 179 g/mol. The molecule has 1 aromatic rings. The van der Waals surface area contributed by atoms with Gasteiger partial charge in [0.05, 0.1) is 23.5 Å². The van der Waals surface area contributed by atoms with Crippen LogP contribution in [0.2, 0.25) is 0 Å². The van der Waals surface area contributed by atoms with Crippen molar-refractivity contribution in [2.75, 3.05) is 5.73 Å². The minimum atomic E-state index is -4.28. The fourth-order valence-electron chi connectivity index (χ4n) is 0.816.